The van der Waals surface area contributed by atoms with Crippen molar-refractivity contribution in [3.8, 4) is 5.75 Å². The summed E-state index contributed by atoms with van der Waals surface area (Å²) in [7, 11) is 0. The highest BCUT2D eigenvalue weighted by molar-refractivity contribution is 5.31. The van der Waals surface area contributed by atoms with E-state index in [2.05, 4.69) is 5.32 Å². The number of nitrogens with one attached hydrogen (secondary N) is 1. The van der Waals surface area contributed by atoms with Gasteiger partial charge in [0, 0.05) is 6.54 Å². The summed E-state index contributed by atoms with van der Waals surface area (Å²) in [6.45, 7) is 7.15. The molecule has 0 aromatic heterocycles. The molecule has 0 amide bonds. The molecule has 1 rings (SSSR count). The molecule has 1 aromatic carbocycles. The van der Waals surface area contributed by atoms with E-state index in [-0.39, 0.29) is 11.9 Å². The molecule has 0 fully saturated rings. The van der Waals surface area contributed by atoms with E-state index in [1.54, 1.807) is 6.92 Å². The van der Waals surface area contributed by atoms with Crippen LogP contribution in [0.5, 0.6) is 5.75 Å². The molecule has 0 spiro atoms. The molecule has 0 aliphatic heterocycles. The van der Waals surface area contributed by atoms with Crippen LogP contribution in [0.4, 0.5) is 17.6 Å². The summed E-state index contributed by atoms with van der Waals surface area (Å²) in [5.41, 5.74) is -1.31. The van der Waals surface area contributed by atoms with Gasteiger partial charge in [-0.3, -0.25) is 0 Å². The van der Waals surface area contributed by atoms with Crippen LogP contribution in [0.2, 0.25) is 0 Å². The molecular weight excluding hydrogens is 274 g/mol. The predicted molar refractivity (Wildman–Crippen MR) is 69.2 cm³/mol. The van der Waals surface area contributed by atoms with E-state index in [1.165, 1.54) is 6.07 Å². The van der Waals surface area contributed by atoms with Crippen molar-refractivity contribution in [1.82, 2.24) is 5.32 Å². The summed E-state index contributed by atoms with van der Waals surface area (Å²) in [5.74, 6) is -0.808. The van der Waals surface area contributed by atoms with E-state index in [4.69, 9.17) is 4.74 Å². The van der Waals surface area contributed by atoms with Crippen LogP contribution >= 0.6 is 0 Å². The minimum Gasteiger partial charge on any atom is -0.489 e. The van der Waals surface area contributed by atoms with E-state index in [1.807, 2.05) is 13.8 Å². The molecule has 0 aliphatic carbocycles. The van der Waals surface area contributed by atoms with Crippen molar-refractivity contribution in [3.63, 3.8) is 0 Å². The first-order chi connectivity index (χ1) is 9.20. The molecule has 1 aromatic rings. The van der Waals surface area contributed by atoms with Crippen LogP contribution in [0.25, 0.3) is 0 Å². The quantitative estimate of drug-likeness (QED) is 0.804. The average Bonchev–Trinajstić information content (AvgIpc) is 2.29. The normalized spacial score (nSPS) is 13.6. The van der Waals surface area contributed by atoms with Crippen LogP contribution in [0.15, 0.2) is 18.2 Å². The van der Waals surface area contributed by atoms with Gasteiger partial charge < -0.3 is 10.1 Å². The first-order valence-electron chi connectivity index (χ1n) is 6.44. The summed E-state index contributed by atoms with van der Waals surface area (Å²) in [5, 5.41) is 3.14. The Morgan fingerprint density at radius 3 is 2.35 bits per heavy atom. The molecule has 6 heteroatoms. The molecule has 20 heavy (non-hydrogen) atoms. The van der Waals surface area contributed by atoms with Gasteiger partial charge >= 0.3 is 6.18 Å². The molecule has 0 saturated carbocycles. The third kappa shape index (κ3) is 5.36. The van der Waals surface area contributed by atoms with Crippen molar-refractivity contribution in [3.05, 3.63) is 29.6 Å². The molecule has 0 bridgehead atoms. The molecule has 0 saturated heterocycles. The molecule has 114 valence electrons. The SMILES string of the molecule is CC(C)CNCC(C)Oc1ccc(F)c(C(F)(F)F)c1. The smallest absolute Gasteiger partial charge is 0.419 e. The zero-order valence-corrected chi connectivity index (χ0v) is 11.7. The standard InChI is InChI=1S/C14H19F4NO/c1-9(2)7-19-8-10(3)20-11-4-5-13(15)12(6-11)14(16,17)18/h4-6,9-10,19H,7-8H2,1-3H3. The fourth-order valence-electron chi connectivity index (χ4n) is 1.64. The fourth-order valence-corrected chi connectivity index (χ4v) is 1.64. The van der Waals surface area contributed by atoms with Crippen LogP contribution in [0.1, 0.15) is 26.3 Å². The second kappa shape index (κ2) is 6.92. The maximum atomic E-state index is 13.1. The lowest BCUT2D eigenvalue weighted by Gasteiger charge is -2.17. The van der Waals surface area contributed by atoms with E-state index in [0.717, 1.165) is 12.6 Å². The monoisotopic (exact) mass is 293 g/mol. The van der Waals surface area contributed by atoms with Gasteiger partial charge in [-0.2, -0.15) is 13.2 Å². The maximum absolute atomic E-state index is 13.1. The zero-order chi connectivity index (χ0) is 15.3. The second-order valence-electron chi connectivity index (χ2n) is 5.12. The van der Waals surface area contributed by atoms with Gasteiger partial charge in [0.2, 0.25) is 0 Å². The third-order valence-electron chi connectivity index (χ3n) is 2.56. The molecule has 0 heterocycles. The highest BCUT2D eigenvalue weighted by Crippen LogP contribution is 2.33. The minimum atomic E-state index is -4.72. The highest BCUT2D eigenvalue weighted by atomic mass is 19.4. The van der Waals surface area contributed by atoms with Crippen molar-refractivity contribution in [2.24, 2.45) is 5.92 Å². The summed E-state index contributed by atoms with van der Waals surface area (Å²) in [6.07, 6.45) is -5.02. The minimum absolute atomic E-state index is 0.0116. The van der Waals surface area contributed by atoms with Gasteiger partial charge in [-0.05, 0) is 37.6 Å². The molecule has 1 unspecified atom stereocenters. The summed E-state index contributed by atoms with van der Waals surface area (Å²) in [4.78, 5) is 0. The third-order valence-corrected chi connectivity index (χ3v) is 2.56. The lowest BCUT2D eigenvalue weighted by atomic mass is 10.2. The average molecular weight is 293 g/mol. The maximum Gasteiger partial charge on any atom is 0.419 e. The van der Waals surface area contributed by atoms with E-state index < -0.39 is 17.6 Å². The van der Waals surface area contributed by atoms with E-state index >= 15 is 0 Å². The lowest BCUT2D eigenvalue weighted by molar-refractivity contribution is -0.140. The topological polar surface area (TPSA) is 21.3 Å². The molecular formula is C14H19F4NO. The van der Waals surface area contributed by atoms with Crippen molar-refractivity contribution in [2.75, 3.05) is 13.1 Å². The molecule has 1 atom stereocenters. The Kier molecular flexibility index (Phi) is 5.80. The van der Waals surface area contributed by atoms with Crippen LogP contribution < -0.4 is 10.1 Å². The van der Waals surface area contributed by atoms with Gasteiger partial charge in [0.05, 0.1) is 5.56 Å². The summed E-state index contributed by atoms with van der Waals surface area (Å²) >= 11 is 0. The second-order valence-corrected chi connectivity index (χ2v) is 5.12. The fraction of sp³-hybridized carbons (Fsp3) is 0.571. The van der Waals surface area contributed by atoms with Crippen molar-refractivity contribution in [1.29, 1.82) is 0 Å². The molecule has 0 radical (unpaired) electrons. The van der Waals surface area contributed by atoms with Gasteiger partial charge in [-0.1, -0.05) is 13.8 Å². The Morgan fingerprint density at radius 2 is 1.80 bits per heavy atom. The van der Waals surface area contributed by atoms with Crippen LogP contribution in [-0.4, -0.2) is 19.2 Å². The molecule has 2 nitrogen and oxygen atoms in total. The number of ether oxygens (including phenoxy) is 1. The lowest BCUT2D eigenvalue weighted by Crippen LogP contribution is -2.31. The summed E-state index contributed by atoms with van der Waals surface area (Å²) in [6, 6.07) is 2.66. The number of hydrogen-bond donors (Lipinski definition) is 1. The number of hydrogen-bond acceptors (Lipinski definition) is 2. The first-order valence-corrected chi connectivity index (χ1v) is 6.44. The molecule has 0 aliphatic rings. The Morgan fingerprint density at radius 1 is 1.15 bits per heavy atom. The van der Waals surface area contributed by atoms with Crippen molar-refractivity contribution < 1.29 is 22.3 Å². The van der Waals surface area contributed by atoms with E-state index in [9.17, 15) is 17.6 Å². The predicted octanol–water partition coefficient (Wildman–Crippen LogP) is 3.86. The Labute approximate surface area is 116 Å². The zero-order valence-electron chi connectivity index (χ0n) is 11.7. The van der Waals surface area contributed by atoms with Crippen molar-refractivity contribution >= 4 is 0 Å². The van der Waals surface area contributed by atoms with Gasteiger partial charge in [0.15, 0.2) is 0 Å². The number of alkyl halides is 3. The highest BCUT2D eigenvalue weighted by Gasteiger charge is 2.34. The molecule has 1 N–H and O–H groups in total. The van der Waals surface area contributed by atoms with Gasteiger partial charge in [-0.15, -0.1) is 0 Å². The number of halogens is 4. The van der Waals surface area contributed by atoms with Crippen LogP contribution in [0.3, 0.4) is 0 Å². The van der Waals surface area contributed by atoms with Crippen LogP contribution in [0, 0.1) is 11.7 Å². The summed E-state index contributed by atoms with van der Waals surface area (Å²) < 4.78 is 56.1. The van der Waals surface area contributed by atoms with Gasteiger partial charge in [-0.25, -0.2) is 4.39 Å². The first kappa shape index (κ1) is 16.8. The van der Waals surface area contributed by atoms with Crippen molar-refractivity contribution in [2.45, 2.75) is 33.1 Å². The van der Waals surface area contributed by atoms with Gasteiger partial charge in [0.1, 0.15) is 17.7 Å². The Hall–Kier alpha value is -1.30. The number of benzene rings is 1. The Balaban J connectivity index is 2.64. The largest absolute Gasteiger partial charge is 0.489 e. The van der Waals surface area contributed by atoms with Gasteiger partial charge in [0.25, 0.3) is 0 Å². The van der Waals surface area contributed by atoms with Crippen LogP contribution in [-0.2, 0) is 6.18 Å². The Bertz CT molecular complexity index is 432. The van der Waals surface area contributed by atoms with E-state index in [0.29, 0.717) is 18.5 Å². The number of rotatable bonds is 6.